The van der Waals surface area contributed by atoms with Crippen molar-refractivity contribution in [3.8, 4) is 5.69 Å². The number of carbonyl (C=O) groups is 1. The molecule has 0 radical (unpaired) electrons. The fourth-order valence-electron chi connectivity index (χ4n) is 3.02. The van der Waals surface area contributed by atoms with Gasteiger partial charge in [0, 0.05) is 29.5 Å². The Morgan fingerprint density at radius 1 is 1.16 bits per heavy atom. The van der Waals surface area contributed by atoms with Crippen LogP contribution in [0.1, 0.15) is 17.5 Å². The maximum absolute atomic E-state index is 12.5. The summed E-state index contributed by atoms with van der Waals surface area (Å²) in [4.78, 5) is 16.5. The Balaban J connectivity index is 1.39. The zero-order chi connectivity index (χ0) is 17.1. The van der Waals surface area contributed by atoms with E-state index in [0.717, 1.165) is 30.0 Å². The van der Waals surface area contributed by atoms with Gasteiger partial charge in [-0.2, -0.15) is 0 Å². The van der Waals surface area contributed by atoms with E-state index in [1.807, 2.05) is 29.0 Å². The summed E-state index contributed by atoms with van der Waals surface area (Å²) in [5, 5.41) is 3.05. The Morgan fingerprint density at radius 3 is 2.80 bits per heavy atom. The highest BCUT2D eigenvalue weighted by atomic mass is 32.2. The van der Waals surface area contributed by atoms with Crippen LogP contribution in [-0.2, 0) is 17.0 Å². The van der Waals surface area contributed by atoms with Gasteiger partial charge in [-0.25, -0.2) is 4.98 Å². The second kappa shape index (κ2) is 7.15. The Labute approximate surface area is 151 Å². The van der Waals surface area contributed by atoms with Crippen molar-refractivity contribution in [1.29, 1.82) is 0 Å². The first-order valence-electron chi connectivity index (χ1n) is 8.37. The lowest BCUT2D eigenvalue weighted by Crippen LogP contribution is -2.23. The van der Waals surface area contributed by atoms with Crippen LogP contribution < -0.4 is 5.32 Å². The van der Waals surface area contributed by atoms with Gasteiger partial charge in [-0.3, -0.25) is 4.79 Å². The van der Waals surface area contributed by atoms with Crippen molar-refractivity contribution in [2.75, 3.05) is 5.32 Å². The molecular weight excluding hydrogens is 330 g/mol. The Hall–Kier alpha value is -2.53. The summed E-state index contributed by atoms with van der Waals surface area (Å²) in [6, 6.07) is 16.5. The largest absolute Gasteiger partial charge is 0.325 e. The molecule has 5 heteroatoms. The highest BCUT2D eigenvalue weighted by molar-refractivity contribution is 7.99. The first kappa shape index (κ1) is 16.0. The van der Waals surface area contributed by atoms with Gasteiger partial charge >= 0.3 is 0 Å². The number of imidazole rings is 1. The molecule has 0 bridgehead atoms. The zero-order valence-electron chi connectivity index (χ0n) is 13.8. The molecule has 0 saturated carbocycles. The molecule has 0 fully saturated rings. The molecule has 1 aliphatic rings. The molecule has 1 amide bonds. The number of rotatable bonds is 4. The maximum Gasteiger partial charge on any atom is 0.237 e. The minimum atomic E-state index is -0.0132. The average Bonchev–Trinajstić information content (AvgIpc) is 3.12. The van der Waals surface area contributed by atoms with Crippen molar-refractivity contribution in [3.63, 3.8) is 0 Å². The molecule has 4 rings (SSSR count). The van der Waals surface area contributed by atoms with E-state index in [0.29, 0.717) is 0 Å². The van der Waals surface area contributed by atoms with Crippen molar-refractivity contribution < 1.29 is 4.79 Å². The number of thioether (sulfide) groups is 1. The lowest BCUT2D eigenvalue weighted by atomic mass is 10.1. The molecule has 2 aromatic carbocycles. The predicted octanol–water partition coefficient (Wildman–Crippen LogP) is 4.06. The van der Waals surface area contributed by atoms with E-state index in [1.54, 1.807) is 24.3 Å². The van der Waals surface area contributed by atoms with Gasteiger partial charge in [0.1, 0.15) is 0 Å². The summed E-state index contributed by atoms with van der Waals surface area (Å²) in [6.07, 6.45) is 7.30. The van der Waals surface area contributed by atoms with Crippen molar-refractivity contribution in [2.24, 2.45) is 0 Å². The number of para-hydroxylation sites is 1. The van der Waals surface area contributed by atoms with Crippen LogP contribution in [0.3, 0.4) is 0 Å². The molecule has 3 aromatic rings. The van der Waals surface area contributed by atoms with Crippen LogP contribution in [0.25, 0.3) is 5.69 Å². The fourth-order valence-corrected chi connectivity index (χ4v) is 4.10. The topological polar surface area (TPSA) is 46.9 Å². The number of hydrogen-bond donors (Lipinski definition) is 1. The van der Waals surface area contributed by atoms with Gasteiger partial charge in [0.25, 0.3) is 0 Å². The van der Waals surface area contributed by atoms with Gasteiger partial charge in [0.05, 0.1) is 11.6 Å². The highest BCUT2D eigenvalue weighted by Gasteiger charge is 2.23. The van der Waals surface area contributed by atoms with Gasteiger partial charge in [-0.05, 0) is 42.2 Å². The van der Waals surface area contributed by atoms with Crippen LogP contribution in [0.2, 0.25) is 0 Å². The summed E-state index contributed by atoms with van der Waals surface area (Å²) in [5.74, 6) is 0.948. The lowest BCUT2D eigenvalue weighted by molar-refractivity contribution is -0.115. The van der Waals surface area contributed by atoms with Crippen LogP contribution in [0, 0.1) is 0 Å². The molecule has 1 atom stereocenters. The quantitative estimate of drug-likeness (QED) is 0.773. The third-order valence-electron chi connectivity index (χ3n) is 4.43. The number of benzene rings is 2. The zero-order valence-corrected chi connectivity index (χ0v) is 14.6. The highest BCUT2D eigenvalue weighted by Crippen LogP contribution is 2.29. The van der Waals surface area contributed by atoms with Gasteiger partial charge in [-0.1, -0.05) is 30.3 Å². The van der Waals surface area contributed by atoms with E-state index in [9.17, 15) is 4.79 Å². The molecule has 1 aromatic heterocycles. The minimum absolute atomic E-state index is 0.0132. The number of hydrogen-bond acceptors (Lipinski definition) is 3. The average molecular weight is 349 g/mol. The third kappa shape index (κ3) is 3.61. The monoisotopic (exact) mass is 349 g/mol. The summed E-state index contributed by atoms with van der Waals surface area (Å²) in [5.41, 5.74) is 4.50. The smallest absolute Gasteiger partial charge is 0.237 e. The van der Waals surface area contributed by atoms with Crippen molar-refractivity contribution in [2.45, 2.75) is 23.8 Å². The molecule has 2 heterocycles. The Kier molecular flexibility index (Phi) is 4.57. The van der Waals surface area contributed by atoms with Gasteiger partial charge in [0.15, 0.2) is 0 Å². The molecule has 126 valence electrons. The van der Waals surface area contributed by atoms with Crippen LogP contribution in [-0.4, -0.2) is 20.7 Å². The Morgan fingerprint density at radius 2 is 2.00 bits per heavy atom. The fraction of sp³-hybridized carbons (Fsp3) is 0.200. The molecular formula is C20H19N3OS. The summed E-state index contributed by atoms with van der Waals surface area (Å²) in [7, 11) is 0. The molecule has 25 heavy (non-hydrogen) atoms. The van der Waals surface area contributed by atoms with Gasteiger partial charge in [-0.15, -0.1) is 11.8 Å². The molecule has 1 N–H and O–H groups in total. The lowest BCUT2D eigenvalue weighted by Gasteiger charge is -2.13. The molecule has 1 unspecified atom stereocenters. The number of carbonyl (C=O) groups excluding carboxylic acids is 1. The summed E-state index contributed by atoms with van der Waals surface area (Å²) < 4.78 is 1.98. The van der Waals surface area contributed by atoms with E-state index >= 15 is 0 Å². The maximum atomic E-state index is 12.5. The van der Waals surface area contributed by atoms with Crippen LogP contribution >= 0.6 is 11.8 Å². The third-order valence-corrected chi connectivity index (χ3v) is 5.79. The molecule has 1 aliphatic heterocycles. The summed E-state index contributed by atoms with van der Waals surface area (Å²) in [6.45, 7) is 0. The first-order chi connectivity index (χ1) is 12.3. The van der Waals surface area contributed by atoms with E-state index < -0.39 is 0 Å². The normalized spacial score (nSPS) is 16.8. The van der Waals surface area contributed by atoms with E-state index in [4.69, 9.17) is 0 Å². The second-order valence-corrected chi connectivity index (χ2v) is 7.31. The van der Waals surface area contributed by atoms with Crippen molar-refractivity contribution in [3.05, 3.63) is 78.4 Å². The number of anilines is 1. The minimum Gasteiger partial charge on any atom is -0.325 e. The van der Waals surface area contributed by atoms with E-state index in [-0.39, 0.29) is 11.2 Å². The van der Waals surface area contributed by atoms with Crippen LogP contribution in [0.4, 0.5) is 5.69 Å². The van der Waals surface area contributed by atoms with Crippen LogP contribution in [0.15, 0.2) is 67.3 Å². The van der Waals surface area contributed by atoms with Gasteiger partial charge in [0.2, 0.25) is 5.91 Å². The second-order valence-electron chi connectivity index (χ2n) is 6.12. The molecule has 4 nitrogen and oxygen atoms in total. The number of aromatic nitrogens is 2. The van der Waals surface area contributed by atoms with Crippen molar-refractivity contribution in [1.82, 2.24) is 9.55 Å². The van der Waals surface area contributed by atoms with Crippen molar-refractivity contribution >= 4 is 23.4 Å². The molecule has 0 saturated heterocycles. The van der Waals surface area contributed by atoms with Gasteiger partial charge < -0.3 is 9.88 Å². The van der Waals surface area contributed by atoms with E-state index in [2.05, 4.69) is 40.6 Å². The number of nitrogens with one attached hydrogen (secondary N) is 1. The van der Waals surface area contributed by atoms with Crippen LogP contribution in [0.5, 0.6) is 0 Å². The number of nitrogens with zero attached hydrogens (tertiary/aromatic N) is 2. The molecule has 0 aliphatic carbocycles. The SMILES string of the molecule is O=C1Nc2ccccc2CCC1SCc1ccc(-n2ccnc2)cc1. The van der Waals surface area contributed by atoms with E-state index in [1.165, 1.54) is 11.1 Å². The first-order valence-corrected chi connectivity index (χ1v) is 9.42. The predicted molar refractivity (Wildman–Crippen MR) is 102 cm³/mol. The number of amides is 1. The Bertz CT molecular complexity index is 859. The number of fused-ring (bicyclic) bond motifs is 1. The number of aryl methyl sites for hydroxylation is 1. The standard InChI is InChI=1S/C20H19N3OS/c24-20-19(10-7-16-3-1-2-4-18(16)22-20)25-13-15-5-8-17(9-6-15)23-12-11-21-14-23/h1-6,8-9,11-12,14,19H,7,10,13H2,(H,22,24). The molecule has 0 spiro atoms. The summed E-state index contributed by atoms with van der Waals surface area (Å²) >= 11 is 1.71.